The average Bonchev–Trinajstić information content (AvgIpc) is 3.10. The molecule has 6 heteroatoms. The van der Waals surface area contributed by atoms with Crippen molar-refractivity contribution in [3.63, 3.8) is 0 Å². The van der Waals surface area contributed by atoms with Crippen LogP contribution in [-0.4, -0.2) is 19.7 Å². The van der Waals surface area contributed by atoms with Gasteiger partial charge in [-0.05, 0) is 49.0 Å². The van der Waals surface area contributed by atoms with Gasteiger partial charge in [-0.3, -0.25) is 14.6 Å². The number of aromatic nitrogens is 4. The van der Waals surface area contributed by atoms with Crippen LogP contribution in [0.3, 0.4) is 0 Å². The Labute approximate surface area is 164 Å². The van der Waals surface area contributed by atoms with Crippen molar-refractivity contribution in [1.82, 2.24) is 19.7 Å². The van der Waals surface area contributed by atoms with Crippen LogP contribution in [0.15, 0.2) is 30.6 Å². The monoisotopic (exact) mass is 526 g/mol. The van der Waals surface area contributed by atoms with Crippen LogP contribution in [0.2, 0.25) is 0 Å². The molecule has 4 nitrogen and oxygen atoms in total. The topological polar surface area (TPSA) is 43.6 Å². The van der Waals surface area contributed by atoms with Crippen molar-refractivity contribution >= 4 is 21.6 Å². The van der Waals surface area contributed by atoms with Gasteiger partial charge in [-0.1, -0.05) is 17.7 Å². The van der Waals surface area contributed by atoms with Crippen LogP contribution in [0.4, 0.5) is 0 Å². The van der Waals surface area contributed by atoms with E-state index in [0.29, 0.717) is 0 Å². The first-order valence-electron chi connectivity index (χ1n) is 7.80. The van der Waals surface area contributed by atoms with E-state index in [9.17, 15) is 0 Å². The second-order valence-corrected chi connectivity index (χ2v) is 7.31. The van der Waals surface area contributed by atoms with E-state index >= 15 is 0 Å². The molecule has 0 saturated heterocycles. The number of benzene rings is 2. The zero-order chi connectivity index (χ0) is 16.8. The summed E-state index contributed by atoms with van der Waals surface area (Å²) in [5.74, 6) is 0.789. The van der Waals surface area contributed by atoms with Crippen molar-refractivity contribution in [3.05, 3.63) is 58.4 Å². The number of thiazole rings is 1. The number of hydrogen-bond donors (Lipinski definition) is 0. The molecule has 0 atom stereocenters. The van der Waals surface area contributed by atoms with Gasteiger partial charge in [-0.15, -0.1) is 23.8 Å². The van der Waals surface area contributed by atoms with Gasteiger partial charge >= 0.3 is 0 Å². The molecule has 4 rings (SSSR count). The van der Waals surface area contributed by atoms with Crippen molar-refractivity contribution < 1.29 is 20.1 Å². The predicted octanol–water partition coefficient (Wildman–Crippen LogP) is 4.58. The van der Waals surface area contributed by atoms with Crippen LogP contribution in [0, 0.1) is 33.8 Å². The van der Waals surface area contributed by atoms with Gasteiger partial charge in [-0.25, -0.2) is 0 Å². The first-order valence-corrected chi connectivity index (χ1v) is 8.62. The molecular formula is C19H17IrN4S-. The van der Waals surface area contributed by atoms with Crippen molar-refractivity contribution in [2.75, 3.05) is 0 Å². The third kappa shape index (κ3) is 3.17. The summed E-state index contributed by atoms with van der Waals surface area (Å²) < 4.78 is 3.05. The Morgan fingerprint density at radius 3 is 2.48 bits per heavy atom. The maximum Gasteiger partial charge on any atom is 0.127 e. The molecule has 0 aliphatic carbocycles. The first-order chi connectivity index (χ1) is 11.5. The Morgan fingerprint density at radius 2 is 1.76 bits per heavy atom. The average molecular weight is 526 g/mol. The zero-order valence-electron chi connectivity index (χ0n) is 14.4. The van der Waals surface area contributed by atoms with Crippen LogP contribution in [0.1, 0.15) is 21.7 Å². The van der Waals surface area contributed by atoms with Crippen molar-refractivity contribution in [2.24, 2.45) is 0 Å². The molecule has 0 spiro atoms. The molecule has 2 aromatic carbocycles. The van der Waals surface area contributed by atoms with E-state index in [0.717, 1.165) is 32.3 Å². The molecule has 25 heavy (non-hydrogen) atoms. The summed E-state index contributed by atoms with van der Waals surface area (Å²) >= 11 is 1.68. The number of fused-ring (bicyclic) bond motifs is 1. The van der Waals surface area contributed by atoms with Crippen molar-refractivity contribution in [1.29, 1.82) is 0 Å². The minimum Gasteiger partial charge on any atom is -0.264 e. The van der Waals surface area contributed by atoms with Gasteiger partial charge < -0.3 is 0 Å². The fraction of sp³-hybridized carbons (Fsp3) is 0.211. The van der Waals surface area contributed by atoms with E-state index < -0.39 is 0 Å². The second kappa shape index (κ2) is 6.79. The fourth-order valence-electron chi connectivity index (χ4n) is 3.21. The molecule has 129 valence electrons. The van der Waals surface area contributed by atoms with Crippen LogP contribution in [-0.2, 0) is 20.1 Å². The number of aryl methyl sites for hydroxylation is 4. The van der Waals surface area contributed by atoms with E-state index in [1.165, 1.54) is 16.7 Å². The summed E-state index contributed by atoms with van der Waals surface area (Å²) in [4.78, 5) is 9.05. The largest absolute Gasteiger partial charge is 0.264 e. The Hall–Kier alpha value is -1.88. The molecule has 0 bridgehead atoms. The van der Waals surface area contributed by atoms with Gasteiger partial charge in [0.15, 0.2) is 0 Å². The molecular weight excluding hydrogens is 509 g/mol. The van der Waals surface area contributed by atoms with Gasteiger partial charge in [0.05, 0.1) is 16.5 Å². The Kier molecular flexibility index (Phi) is 4.87. The van der Waals surface area contributed by atoms with E-state index in [2.05, 4.69) is 54.0 Å². The first kappa shape index (κ1) is 17.9. The smallest absolute Gasteiger partial charge is 0.127 e. The van der Waals surface area contributed by atoms with Crippen LogP contribution >= 0.6 is 11.3 Å². The summed E-state index contributed by atoms with van der Waals surface area (Å²) in [5.41, 5.74) is 6.59. The van der Waals surface area contributed by atoms with Gasteiger partial charge in [0.2, 0.25) is 0 Å². The quantitative estimate of drug-likeness (QED) is 0.360. The molecule has 1 radical (unpaired) electrons. The normalized spacial score (nSPS) is 10.9. The third-order valence-electron chi connectivity index (χ3n) is 4.06. The van der Waals surface area contributed by atoms with Gasteiger partial charge in [0, 0.05) is 20.1 Å². The number of rotatable bonds is 2. The van der Waals surface area contributed by atoms with E-state index in [-0.39, 0.29) is 20.1 Å². The van der Waals surface area contributed by atoms with Gasteiger partial charge in [0.1, 0.15) is 6.33 Å². The molecule has 0 aliphatic rings. The molecule has 0 saturated carbocycles. The Balaban J connectivity index is 0.00000182. The van der Waals surface area contributed by atoms with E-state index in [1.54, 1.807) is 17.7 Å². The number of hydrogen-bond acceptors (Lipinski definition) is 4. The SMILES string of the molecule is Cc1cc(C)c(-n2ncnc2-c2[c-]cc3sc(C)nc3c2)c(C)c1.[Ir]. The van der Waals surface area contributed by atoms with E-state index in [1.807, 2.05) is 23.7 Å². The Bertz CT molecular complexity index is 1040. The zero-order valence-corrected chi connectivity index (χ0v) is 17.6. The second-order valence-electron chi connectivity index (χ2n) is 6.07. The molecule has 0 unspecified atom stereocenters. The maximum absolute atomic E-state index is 4.57. The maximum atomic E-state index is 4.57. The molecule has 0 fully saturated rings. The van der Waals surface area contributed by atoms with Crippen LogP contribution in [0.25, 0.3) is 27.3 Å². The molecule has 2 heterocycles. The summed E-state index contributed by atoms with van der Waals surface area (Å²) in [5, 5.41) is 5.52. The molecule has 2 aromatic heterocycles. The molecule has 0 N–H and O–H groups in total. The van der Waals surface area contributed by atoms with Crippen molar-refractivity contribution in [2.45, 2.75) is 27.7 Å². The fourth-order valence-corrected chi connectivity index (χ4v) is 4.00. The third-order valence-corrected chi connectivity index (χ3v) is 5.00. The summed E-state index contributed by atoms with van der Waals surface area (Å²) in [6.45, 7) is 8.35. The minimum atomic E-state index is 0. The summed E-state index contributed by atoms with van der Waals surface area (Å²) in [6.07, 6.45) is 1.60. The van der Waals surface area contributed by atoms with Crippen LogP contribution < -0.4 is 0 Å². The predicted molar refractivity (Wildman–Crippen MR) is 97.8 cm³/mol. The van der Waals surface area contributed by atoms with Gasteiger partial charge in [0.25, 0.3) is 0 Å². The van der Waals surface area contributed by atoms with Crippen molar-refractivity contribution in [3.8, 4) is 17.1 Å². The standard InChI is InChI=1S/C19H17N4S.Ir/c1-11-7-12(2)18(13(3)8-11)23-19(20-10-21-23)15-5-6-17-16(9-15)22-14(4)24-17;/h6-10H,1-4H3;/q-1;. The summed E-state index contributed by atoms with van der Waals surface area (Å²) in [7, 11) is 0. The van der Waals surface area contributed by atoms with E-state index in [4.69, 9.17) is 0 Å². The Morgan fingerprint density at radius 1 is 1.04 bits per heavy atom. The summed E-state index contributed by atoms with van der Waals surface area (Å²) in [6, 6.07) is 11.7. The van der Waals surface area contributed by atoms with Gasteiger partial charge in [-0.2, -0.15) is 16.4 Å². The number of nitrogens with zero attached hydrogens (tertiary/aromatic N) is 4. The van der Waals surface area contributed by atoms with Crippen LogP contribution in [0.5, 0.6) is 0 Å². The molecule has 0 aliphatic heterocycles. The molecule has 0 amide bonds. The molecule has 4 aromatic rings. The minimum absolute atomic E-state index is 0.